The third-order valence-corrected chi connectivity index (χ3v) is 4.60. The van der Waals surface area contributed by atoms with Gasteiger partial charge in [-0.1, -0.05) is 39.5 Å². The Balaban J connectivity index is 2.46. The smallest absolute Gasteiger partial charge is 0.185 e. The number of ether oxygens (including phenoxy) is 3. The molecule has 4 nitrogen and oxygen atoms in total. The van der Waals surface area contributed by atoms with Crippen molar-refractivity contribution in [1.29, 1.82) is 0 Å². The van der Waals surface area contributed by atoms with Gasteiger partial charge in [0.2, 0.25) is 0 Å². The van der Waals surface area contributed by atoms with Crippen LogP contribution >= 0.6 is 0 Å². The molecule has 0 aliphatic carbocycles. The molecule has 0 saturated heterocycles. The fourth-order valence-electron chi connectivity index (χ4n) is 3.41. The number of rotatable bonds is 8. The summed E-state index contributed by atoms with van der Waals surface area (Å²) in [5.74, 6) is 2.13. The first kappa shape index (κ1) is 27.2. The predicted octanol–water partition coefficient (Wildman–Crippen LogP) is 7.80. The molecule has 0 aromatic heterocycles. The quantitative estimate of drug-likeness (QED) is 0.227. The van der Waals surface area contributed by atoms with E-state index in [4.69, 9.17) is 14.2 Å². The lowest BCUT2D eigenvalue weighted by Gasteiger charge is -2.32. The first-order valence-corrected chi connectivity index (χ1v) is 11.7. The standard InChI is InChI=1S/C30H40O4/c1-11-18-32-23-15-13-22(14-16-23)24(31)17-12-21-19-25(33-29(5,6)7)27(28(2,3)4)26(20-21)34-30(8,9)10/h11-17,19-20H,1,18H2,2-10H3/b17-12+. The van der Waals surface area contributed by atoms with Crippen molar-refractivity contribution in [2.45, 2.75) is 78.9 Å². The zero-order valence-electron chi connectivity index (χ0n) is 22.2. The van der Waals surface area contributed by atoms with Gasteiger partial charge in [0.15, 0.2) is 5.78 Å². The molecule has 0 aliphatic rings. The summed E-state index contributed by atoms with van der Waals surface area (Å²) in [5.41, 5.74) is 1.47. The Morgan fingerprint density at radius 3 is 1.76 bits per heavy atom. The molecule has 2 aromatic rings. The Hall–Kier alpha value is -3.01. The molecule has 184 valence electrons. The predicted molar refractivity (Wildman–Crippen MR) is 141 cm³/mol. The lowest BCUT2D eigenvalue weighted by molar-refractivity contribution is 0.104. The van der Waals surface area contributed by atoms with Gasteiger partial charge in [0.05, 0.1) is 0 Å². The number of benzene rings is 2. The average molecular weight is 465 g/mol. The number of hydrogen-bond donors (Lipinski definition) is 0. The van der Waals surface area contributed by atoms with Crippen molar-refractivity contribution in [3.63, 3.8) is 0 Å². The number of carbonyl (C=O) groups is 1. The summed E-state index contributed by atoms with van der Waals surface area (Å²) in [6.45, 7) is 22.7. The van der Waals surface area contributed by atoms with Crippen LogP contribution in [0.15, 0.2) is 55.1 Å². The zero-order chi connectivity index (χ0) is 25.7. The lowest BCUT2D eigenvalue weighted by atomic mass is 9.84. The molecule has 4 heteroatoms. The zero-order valence-corrected chi connectivity index (χ0v) is 22.2. The van der Waals surface area contributed by atoms with Crippen molar-refractivity contribution >= 4 is 11.9 Å². The van der Waals surface area contributed by atoms with Crippen LogP contribution in [-0.2, 0) is 5.41 Å². The SMILES string of the molecule is C=CCOc1ccc(C(=O)/C=C/c2cc(OC(C)(C)C)c(C(C)(C)C)c(OC(C)(C)C)c2)cc1. The summed E-state index contributed by atoms with van der Waals surface area (Å²) in [4.78, 5) is 12.8. The Bertz CT molecular complexity index is 986. The molecule has 0 amide bonds. The normalized spacial score (nSPS) is 12.5. The Labute approximate surface area is 205 Å². The fourth-order valence-corrected chi connectivity index (χ4v) is 3.41. The lowest BCUT2D eigenvalue weighted by Crippen LogP contribution is -2.28. The summed E-state index contributed by atoms with van der Waals surface area (Å²) < 4.78 is 18.2. The van der Waals surface area contributed by atoms with Crippen molar-refractivity contribution in [3.8, 4) is 17.2 Å². The average Bonchev–Trinajstić information content (AvgIpc) is 2.67. The molecular weight excluding hydrogens is 424 g/mol. The minimum Gasteiger partial charge on any atom is -0.490 e. The minimum atomic E-state index is -0.382. The maximum absolute atomic E-state index is 12.8. The number of hydrogen-bond acceptors (Lipinski definition) is 4. The second kappa shape index (κ2) is 10.5. The van der Waals surface area contributed by atoms with E-state index in [1.54, 1.807) is 36.4 Å². The van der Waals surface area contributed by atoms with Gasteiger partial charge in [-0.25, -0.2) is 0 Å². The minimum absolute atomic E-state index is 0.0910. The van der Waals surface area contributed by atoms with E-state index < -0.39 is 0 Å². The topological polar surface area (TPSA) is 44.8 Å². The van der Waals surface area contributed by atoms with E-state index in [9.17, 15) is 4.79 Å². The first-order chi connectivity index (χ1) is 15.6. The summed E-state index contributed by atoms with van der Waals surface area (Å²) >= 11 is 0. The summed E-state index contributed by atoms with van der Waals surface area (Å²) in [6, 6.07) is 11.1. The van der Waals surface area contributed by atoms with E-state index in [1.165, 1.54) is 0 Å². The summed E-state index contributed by atoms with van der Waals surface area (Å²) in [6.07, 6.45) is 5.07. The molecule has 0 heterocycles. The van der Waals surface area contributed by atoms with Gasteiger partial charge in [0.25, 0.3) is 0 Å². The second-order valence-electron chi connectivity index (χ2n) is 11.4. The molecule has 0 fully saturated rings. The van der Waals surface area contributed by atoms with Gasteiger partial charge >= 0.3 is 0 Å². The second-order valence-corrected chi connectivity index (χ2v) is 11.4. The van der Waals surface area contributed by atoms with Gasteiger partial charge in [-0.15, -0.1) is 0 Å². The van der Waals surface area contributed by atoms with Crippen LogP contribution in [0.25, 0.3) is 6.08 Å². The third kappa shape index (κ3) is 8.40. The highest BCUT2D eigenvalue weighted by molar-refractivity contribution is 6.06. The third-order valence-electron chi connectivity index (χ3n) is 4.60. The summed E-state index contributed by atoms with van der Waals surface area (Å²) in [7, 11) is 0. The molecule has 0 unspecified atom stereocenters. The first-order valence-electron chi connectivity index (χ1n) is 11.7. The van der Waals surface area contributed by atoms with Crippen LogP contribution in [0.5, 0.6) is 17.2 Å². The van der Waals surface area contributed by atoms with E-state index >= 15 is 0 Å². The molecule has 0 N–H and O–H groups in total. The maximum atomic E-state index is 12.8. The Morgan fingerprint density at radius 2 is 1.35 bits per heavy atom. The monoisotopic (exact) mass is 464 g/mol. The van der Waals surface area contributed by atoms with Gasteiger partial charge < -0.3 is 14.2 Å². The Morgan fingerprint density at radius 1 is 0.853 bits per heavy atom. The number of carbonyl (C=O) groups excluding carboxylic acids is 1. The van der Waals surface area contributed by atoms with Crippen molar-refractivity contribution < 1.29 is 19.0 Å². The van der Waals surface area contributed by atoms with Crippen LogP contribution in [0.1, 0.15) is 83.8 Å². The highest BCUT2D eigenvalue weighted by Gasteiger charge is 2.29. The van der Waals surface area contributed by atoms with E-state index in [0.29, 0.717) is 17.9 Å². The molecule has 0 spiro atoms. The molecule has 0 aliphatic heterocycles. The van der Waals surface area contributed by atoms with Crippen LogP contribution in [0.4, 0.5) is 0 Å². The highest BCUT2D eigenvalue weighted by atomic mass is 16.5. The van der Waals surface area contributed by atoms with Crippen molar-refractivity contribution in [2.75, 3.05) is 6.61 Å². The van der Waals surface area contributed by atoms with Crippen LogP contribution in [-0.4, -0.2) is 23.6 Å². The fraction of sp³-hybridized carbons (Fsp3) is 0.433. The molecule has 0 atom stereocenters. The number of allylic oxidation sites excluding steroid dienone is 1. The van der Waals surface area contributed by atoms with Crippen molar-refractivity contribution in [3.05, 3.63) is 71.8 Å². The van der Waals surface area contributed by atoms with Gasteiger partial charge in [-0.05, 0) is 95.0 Å². The van der Waals surface area contributed by atoms with Crippen LogP contribution in [0.2, 0.25) is 0 Å². The molecule has 0 radical (unpaired) electrons. The largest absolute Gasteiger partial charge is 0.490 e. The molecule has 34 heavy (non-hydrogen) atoms. The molecule has 2 rings (SSSR count). The van der Waals surface area contributed by atoms with Crippen LogP contribution in [0, 0.1) is 0 Å². The van der Waals surface area contributed by atoms with Crippen LogP contribution in [0.3, 0.4) is 0 Å². The van der Waals surface area contributed by atoms with Gasteiger partial charge in [-0.3, -0.25) is 4.79 Å². The van der Waals surface area contributed by atoms with Gasteiger partial charge in [0.1, 0.15) is 35.1 Å². The van der Waals surface area contributed by atoms with E-state index in [-0.39, 0.29) is 22.4 Å². The molecule has 2 aromatic carbocycles. The highest BCUT2D eigenvalue weighted by Crippen LogP contribution is 2.42. The Kier molecular flexibility index (Phi) is 8.41. The van der Waals surface area contributed by atoms with Crippen molar-refractivity contribution in [2.24, 2.45) is 0 Å². The van der Waals surface area contributed by atoms with Crippen molar-refractivity contribution in [1.82, 2.24) is 0 Å². The van der Waals surface area contributed by atoms with E-state index in [1.807, 2.05) is 59.8 Å². The summed E-state index contributed by atoms with van der Waals surface area (Å²) in [5, 5.41) is 0. The van der Waals surface area contributed by atoms with E-state index in [0.717, 1.165) is 22.6 Å². The molecular formula is C30H40O4. The van der Waals surface area contributed by atoms with Crippen LogP contribution < -0.4 is 14.2 Å². The van der Waals surface area contributed by atoms with E-state index in [2.05, 4.69) is 27.4 Å². The van der Waals surface area contributed by atoms with Gasteiger partial charge in [0, 0.05) is 11.1 Å². The van der Waals surface area contributed by atoms with Gasteiger partial charge in [-0.2, -0.15) is 0 Å². The number of ketones is 1. The molecule has 0 bridgehead atoms. The maximum Gasteiger partial charge on any atom is 0.185 e. The molecule has 0 saturated carbocycles.